The molecule has 0 amide bonds. The van der Waals surface area contributed by atoms with Crippen LogP contribution in [0.5, 0.6) is 0 Å². The molecule has 5 nitrogen and oxygen atoms in total. The summed E-state index contributed by atoms with van der Waals surface area (Å²) in [6.07, 6.45) is 1.43. The minimum absolute atomic E-state index is 0.788. The van der Waals surface area contributed by atoms with Crippen molar-refractivity contribution in [2.24, 2.45) is 0 Å². The van der Waals surface area contributed by atoms with Gasteiger partial charge in [0.25, 0.3) is 0 Å². The summed E-state index contributed by atoms with van der Waals surface area (Å²) >= 11 is 1.52. The third kappa shape index (κ3) is 2.47. The first-order valence-corrected chi connectivity index (χ1v) is 4.13. The van der Waals surface area contributed by atoms with Gasteiger partial charge in [0.05, 0.1) is 20.6 Å². The number of quaternary nitrogens is 1. The zero-order valence-electron chi connectivity index (χ0n) is 6.93. The zero-order chi connectivity index (χ0) is 8.32. The second kappa shape index (κ2) is 3.19. The minimum Gasteiger partial charge on any atom is -0.244 e. The van der Waals surface area contributed by atoms with Crippen LogP contribution in [0.2, 0.25) is 0 Å². The highest BCUT2D eigenvalue weighted by Gasteiger charge is 2.16. The predicted octanol–water partition coefficient (Wildman–Crippen LogP) is 0.181. The average Bonchev–Trinajstić information content (AvgIpc) is 2.39. The number of tetrazole rings is 1. The molecule has 1 heterocycles. The van der Waals surface area contributed by atoms with E-state index < -0.39 is 0 Å². The Morgan fingerprint density at radius 2 is 2.27 bits per heavy atom. The van der Waals surface area contributed by atoms with Crippen LogP contribution in [0.15, 0.2) is 6.33 Å². The van der Waals surface area contributed by atoms with Crippen LogP contribution in [0.4, 0.5) is 0 Å². The molecule has 0 atom stereocenters. The summed E-state index contributed by atoms with van der Waals surface area (Å²) in [5.74, 6) is 0. The number of hydrogen-bond acceptors (Lipinski definition) is 4. The van der Waals surface area contributed by atoms with Gasteiger partial charge in [-0.25, -0.2) is 3.89 Å². The van der Waals surface area contributed by atoms with Crippen LogP contribution in [0, 0.1) is 0 Å². The van der Waals surface area contributed by atoms with Crippen molar-refractivity contribution >= 4 is 12.1 Å². The molecule has 1 aromatic heterocycles. The highest BCUT2D eigenvalue weighted by Crippen LogP contribution is 2.14. The quantitative estimate of drug-likeness (QED) is 0.484. The summed E-state index contributed by atoms with van der Waals surface area (Å²) in [7, 11) is 4.18. The fraction of sp³-hybridized carbons (Fsp3) is 0.800. The first-order chi connectivity index (χ1) is 5.14. The maximum Gasteiger partial charge on any atom is 0.244 e. The second-order valence-corrected chi connectivity index (χ2v) is 4.14. The van der Waals surface area contributed by atoms with Crippen LogP contribution in [-0.4, -0.2) is 44.1 Å². The molecule has 11 heavy (non-hydrogen) atoms. The van der Waals surface area contributed by atoms with E-state index in [4.69, 9.17) is 0 Å². The van der Waals surface area contributed by atoms with Crippen molar-refractivity contribution < 1.29 is 3.89 Å². The highest BCUT2D eigenvalue weighted by molar-refractivity contribution is 7.92. The summed E-state index contributed by atoms with van der Waals surface area (Å²) in [5, 5.41) is 11.3. The van der Waals surface area contributed by atoms with E-state index in [9.17, 15) is 0 Å². The average molecular weight is 174 g/mol. The van der Waals surface area contributed by atoms with Crippen LogP contribution >= 0.6 is 12.1 Å². The number of rotatable bonds is 3. The Labute approximate surface area is 70.2 Å². The Bertz CT molecular complexity index is 207. The number of nitrogens with zero attached hydrogens (tertiary/aromatic N) is 5. The maximum atomic E-state index is 3.89. The molecule has 0 aliphatic rings. The van der Waals surface area contributed by atoms with Gasteiger partial charge in [-0.15, -0.1) is 10.2 Å². The monoisotopic (exact) mass is 174 g/mol. The molecule has 6 heteroatoms. The molecule has 0 spiro atoms. The molecule has 1 rings (SSSR count). The van der Waals surface area contributed by atoms with Crippen molar-refractivity contribution in [1.82, 2.24) is 19.6 Å². The van der Waals surface area contributed by atoms with Crippen molar-refractivity contribution in [2.45, 2.75) is 6.92 Å². The van der Waals surface area contributed by atoms with Gasteiger partial charge in [-0.05, 0) is 16.3 Å². The lowest BCUT2D eigenvalue weighted by molar-refractivity contribution is -0.749. The molecule has 0 fully saturated rings. The minimum atomic E-state index is 0.788. The van der Waals surface area contributed by atoms with Crippen molar-refractivity contribution in [2.75, 3.05) is 20.6 Å². The molecular weight excluding hydrogens is 162 g/mol. The Balaban J connectivity index is 2.56. The van der Waals surface area contributed by atoms with E-state index in [0.29, 0.717) is 0 Å². The third-order valence-corrected chi connectivity index (χ3v) is 2.40. The summed E-state index contributed by atoms with van der Waals surface area (Å²) < 4.78 is 2.31. The fourth-order valence-corrected chi connectivity index (χ4v) is 1.12. The normalized spacial score (nSPS) is 11.9. The lowest BCUT2D eigenvalue weighted by atomic mass is 10.7. The summed E-state index contributed by atoms with van der Waals surface area (Å²) in [6, 6.07) is 0. The van der Waals surface area contributed by atoms with Gasteiger partial charge in [0, 0.05) is 0 Å². The predicted molar refractivity (Wildman–Crippen MR) is 43.5 cm³/mol. The molecule has 0 aliphatic heterocycles. The van der Waals surface area contributed by atoms with Crippen LogP contribution in [0.1, 0.15) is 6.92 Å². The van der Waals surface area contributed by atoms with E-state index in [1.807, 2.05) is 0 Å². The molecule has 0 saturated heterocycles. The van der Waals surface area contributed by atoms with Gasteiger partial charge in [-0.3, -0.25) is 0 Å². The van der Waals surface area contributed by atoms with Gasteiger partial charge >= 0.3 is 0 Å². The van der Waals surface area contributed by atoms with Crippen LogP contribution in [0.25, 0.3) is 0 Å². The van der Waals surface area contributed by atoms with E-state index in [1.165, 1.54) is 22.7 Å². The Morgan fingerprint density at radius 1 is 1.55 bits per heavy atom. The number of hydrogen-bond donors (Lipinski definition) is 0. The van der Waals surface area contributed by atoms with Crippen molar-refractivity contribution in [3.8, 4) is 0 Å². The molecule has 62 valence electrons. The Kier molecular flexibility index (Phi) is 2.45. The van der Waals surface area contributed by atoms with Gasteiger partial charge < -0.3 is 0 Å². The van der Waals surface area contributed by atoms with Crippen LogP contribution in [-0.2, 0) is 0 Å². The van der Waals surface area contributed by atoms with Gasteiger partial charge in [-0.1, -0.05) is 0 Å². The van der Waals surface area contributed by atoms with E-state index in [0.717, 1.165) is 10.4 Å². The Morgan fingerprint density at radius 3 is 2.73 bits per heavy atom. The molecule has 0 bridgehead atoms. The first kappa shape index (κ1) is 8.48. The van der Waals surface area contributed by atoms with Gasteiger partial charge in [0.1, 0.15) is 0 Å². The van der Waals surface area contributed by atoms with E-state index in [2.05, 4.69) is 36.4 Å². The van der Waals surface area contributed by atoms with Crippen molar-refractivity contribution in [1.29, 1.82) is 0 Å². The molecule has 0 radical (unpaired) electrons. The second-order valence-electron chi connectivity index (χ2n) is 2.66. The van der Waals surface area contributed by atoms with E-state index in [-0.39, 0.29) is 0 Å². The summed E-state index contributed by atoms with van der Waals surface area (Å²) in [5.41, 5.74) is 0. The Hall–Kier alpha value is -0.620. The summed E-state index contributed by atoms with van der Waals surface area (Å²) in [6.45, 7) is 3.14. The largest absolute Gasteiger partial charge is 0.244 e. The molecule has 0 aromatic carbocycles. The van der Waals surface area contributed by atoms with E-state index >= 15 is 0 Å². The zero-order valence-corrected chi connectivity index (χ0v) is 7.75. The van der Waals surface area contributed by atoms with Crippen LogP contribution in [0.3, 0.4) is 0 Å². The van der Waals surface area contributed by atoms with Crippen LogP contribution < -0.4 is 0 Å². The lowest BCUT2D eigenvalue weighted by Gasteiger charge is -2.22. The molecule has 0 N–H and O–H groups in total. The van der Waals surface area contributed by atoms with Gasteiger partial charge in [0.2, 0.25) is 12.1 Å². The molecule has 0 unspecified atom stereocenters. The number of aromatic nitrogens is 4. The fourth-order valence-electron chi connectivity index (χ4n) is 0.450. The van der Waals surface area contributed by atoms with Gasteiger partial charge in [-0.2, -0.15) is 0 Å². The first-order valence-electron chi connectivity index (χ1n) is 3.40. The molecule has 1 aromatic rings. The smallest absolute Gasteiger partial charge is 0.244 e. The molecular formula is C5H12N5S+. The van der Waals surface area contributed by atoms with E-state index in [1.54, 1.807) is 0 Å². The van der Waals surface area contributed by atoms with Gasteiger partial charge in [0.15, 0.2) is 6.33 Å². The SMILES string of the molecule is CC[N+](C)(C)Sn1ncnn1. The third-order valence-electron chi connectivity index (χ3n) is 1.39. The summed E-state index contributed by atoms with van der Waals surface area (Å²) in [4.78, 5) is 0. The van der Waals surface area contributed by atoms with Crippen molar-refractivity contribution in [3.05, 3.63) is 6.33 Å². The topological polar surface area (TPSA) is 43.6 Å². The molecule has 0 aliphatic carbocycles. The molecule has 0 saturated carbocycles. The maximum absolute atomic E-state index is 3.89. The lowest BCUT2D eigenvalue weighted by Crippen LogP contribution is -2.32. The van der Waals surface area contributed by atoms with Crippen molar-refractivity contribution in [3.63, 3.8) is 0 Å². The highest BCUT2D eigenvalue weighted by atomic mass is 32.2. The standard InChI is InChI=1S/C5H12N5S/c1-4-10(2,3)11-9-7-5-6-8-9/h5H,4H2,1-3H3/q+1.